The monoisotopic (exact) mass is 492 g/mol. The molecule has 7 atom stereocenters. The largest absolute Gasteiger partial charge is 0.505 e. The summed E-state index contributed by atoms with van der Waals surface area (Å²) in [6, 6.07) is 0. The molecule has 34 heavy (non-hydrogen) atoms. The van der Waals surface area contributed by atoms with Gasteiger partial charge in [0.1, 0.15) is 37.1 Å². The quantitative estimate of drug-likeness (QED) is 0.179. The van der Waals surface area contributed by atoms with Crippen molar-refractivity contribution in [2.75, 3.05) is 13.2 Å². The molecule has 12 heteroatoms. The SMILES string of the molecule is CCCCC(CCCC)C(=O)OC[C@H](O)[C@H]1OC(=O)C(O[C@H]2O[C@H](CO)[C@@H](O)[C@H](O)[C@H]2O)=C1O. The van der Waals surface area contributed by atoms with Crippen LogP contribution < -0.4 is 0 Å². The van der Waals surface area contributed by atoms with E-state index in [1.807, 2.05) is 13.8 Å². The number of esters is 2. The van der Waals surface area contributed by atoms with Crippen LogP contribution in [0.4, 0.5) is 0 Å². The Labute approximate surface area is 197 Å². The molecule has 0 amide bonds. The summed E-state index contributed by atoms with van der Waals surface area (Å²) in [7, 11) is 0. The summed E-state index contributed by atoms with van der Waals surface area (Å²) in [5.74, 6) is -3.59. The molecular formula is C22H36O12. The third-order valence-corrected chi connectivity index (χ3v) is 5.90. The Hall–Kier alpha value is -1.96. The van der Waals surface area contributed by atoms with E-state index in [0.29, 0.717) is 12.8 Å². The van der Waals surface area contributed by atoms with Crippen LogP contribution in [-0.4, -0.2) is 98.7 Å². The highest BCUT2D eigenvalue weighted by Crippen LogP contribution is 2.30. The molecule has 6 N–H and O–H groups in total. The number of aliphatic hydroxyl groups is 6. The molecule has 0 radical (unpaired) electrons. The average Bonchev–Trinajstić information content (AvgIpc) is 3.10. The topological polar surface area (TPSA) is 192 Å². The molecule has 196 valence electrons. The minimum Gasteiger partial charge on any atom is -0.505 e. The summed E-state index contributed by atoms with van der Waals surface area (Å²) >= 11 is 0. The lowest BCUT2D eigenvalue weighted by Gasteiger charge is -2.39. The number of aliphatic hydroxyl groups excluding tert-OH is 6. The van der Waals surface area contributed by atoms with Crippen molar-refractivity contribution in [1.29, 1.82) is 0 Å². The van der Waals surface area contributed by atoms with Crippen molar-refractivity contribution in [3.05, 3.63) is 11.5 Å². The molecule has 0 aliphatic carbocycles. The fourth-order valence-electron chi connectivity index (χ4n) is 3.76. The second kappa shape index (κ2) is 13.2. The highest BCUT2D eigenvalue weighted by atomic mass is 16.7. The van der Waals surface area contributed by atoms with Crippen LogP contribution in [0.5, 0.6) is 0 Å². The van der Waals surface area contributed by atoms with E-state index in [1.165, 1.54) is 0 Å². The van der Waals surface area contributed by atoms with Crippen molar-refractivity contribution in [2.45, 2.75) is 95.3 Å². The number of carbonyl (C=O) groups is 2. The molecule has 2 heterocycles. The van der Waals surface area contributed by atoms with Crippen LogP contribution in [-0.2, 0) is 28.5 Å². The lowest BCUT2D eigenvalue weighted by atomic mass is 9.96. The number of cyclic esters (lactones) is 1. The van der Waals surface area contributed by atoms with E-state index in [4.69, 9.17) is 18.9 Å². The standard InChI is InChI=1S/C22H36O12/c1-3-5-7-11(8-6-4-2)20(29)31-10-12(24)18-17(28)19(21(30)33-18)34-22-16(27)15(26)14(25)13(9-23)32-22/h11-16,18,22-28H,3-10H2,1-2H3/t12-,13+,14+,15-,16+,18+,22+/m0/s1. The summed E-state index contributed by atoms with van der Waals surface area (Å²) in [4.78, 5) is 24.6. The zero-order chi connectivity index (χ0) is 25.4. The van der Waals surface area contributed by atoms with Crippen molar-refractivity contribution in [3.63, 3.8) is 0 Å². The molecule has 0 saturated carbocycles. The van der Waals surface area contributed by atoms with Gasteiger partial charge in [-0.2, -0.15) is 0 Å². The van der Waals surface area contributed by atoms with Crippen LogP contribution in [0.15, 0.2) is 11.5 Å². The van der Waals surface area contributed by atoms with Gasteiger partial charge in [0.2, 0.25) is 12.0 Å². The van der Waals surface area contributed by atoms with Crippen LogP contribution in [0.3, 0.4) is 0 Å². The van der Waals surface area contributed by atoms with Crippen LogP contribution in [0.1, 0.15) is 52.4 Å². The minimum atomic E-state index is -1.82. The Morgan fingerprint density at radius 1 is 1.06 bits per heavy atom. The lowest BCUT2D eigenvalue weighted by molar-refractivity contribution is -0.291. The van der Waals surface area contributed by atoms with Gasteiger partial charge < -0.3 is 49.6 Å². The Bertz CT molecular complexity index is 700. The Morgan fingerprint density at radius 2 is 1.68 bits per heavy atom. The molecule has 0 spiro atoms. The fourth-order valence-corrected chi connectivity index (χ4v) is 3.76. The van der Waals surface area contributed by atoms with Crippen molar-refractivity contribution >= 4 is 11.9 Å². The van der Waals surface area contributed by atoms with E-state index in [2.05, 4.69) is 0 Å². The first-order valence-corrected chi connectivity index (χ1v) is 11.6. The second-order valence-corrected chi connectivity index (χ2v) is 8.53. The van der Waals surface area contributed by atoms with Crippen LogP contribution >= 0.6 is 0 Å². The maximum absolute atomic E-state index is 12.5. The van der Waals surface area contributed by atoms with Gasteiger partial charge in [-0.25, -0.2) is 4.79 Å². The van der Waals surface area contributed by atoms with Gasteiger partial charge in [0.25, 0.3) is 0 Å². The molecule has 0 aromatic carbocycles. The molecule has 2 aliphatic heterocycles. The van der Waals surface area contributed by atoms with Crippen molar-refractivity contribution in [2.24, 2.45) is 5.92 Å². The molecule has 0 aromatic heterocycles. The van der Waals surface area contributed by atoms with Crippen LogP contribution in [0, 0.1) is 5.92 Å². The number of hydrogen-bond acceptors (Lipinski definition) is 12. The Balaban J connectivity index is 2.00. The van der Waals surface area contributed by atoms with Gasteiger partial charge in [0.15, 0.2) is 11.9 Å². The van der Waals surface area contributed by atoms with Gasteiger partial charge in [-0.3, -0.25) is 4.79 Å². The zero-order valence-corrected chi connectivity index (χ0v) is 19.4. The first-order chi connectivity index (χ1) is 16.2. The number of hydrogen-bond donors (Lipinski definition) is 6. The summed E-state index contributed by atoms with van der Waals surface area (Å²) in [5, 5.41) is 59.7. The Kier molecular flexibility index (Phi) is 11.0. The second-order valence-electron chi connectivity index (χ2n) is 8.53. The maximum Gasteiger partial charge on any atom is 0.378 e. The van der Waals surface area contributed by atoms with E-state index in [1.54, 1.807) is 0 Å². The lowest BCUT2D eigenvalue weighted by Crippen LogP contribution is -2.59. The predicted octanol–water partition coefficient (Wildman–Crippen LogP) is -0.601. The van der Waals surface area contributed by atoms with E-state index in [9.17, 15) is 40.2 Å². The average molecular weight is 493 g/mol. The zero-order valence-electron chi connectivity index (χ0n) is 19.4. The smallest absolute Gasteiger partial charge is 0.378 e. The third kappa shape index (κ3) is 6.80. The van der Waals surface area contributed by atoms with E-state index in [-0.39, 0.29) is 5.92 Å². The van der Waals surface area contributed by atoms with Gasteiger partial charge in [-0.15, -0.1) is 0 Å². The molecular weight excluding hydrogens is 456 g/mol. The number of rotatable bonds is 13. The maximum atomic E-state index is 12.5. The van der Waals surface area contributed by atoms with E-state index < -0.39 is 79.6 Å². The summed E-state index contributed by atoms with van der Waals surface area (Å²) in [5.41, 5.74) is 0. The minimum absolute atomic E-state index is 0.313. The van der Waals surface area contributed by atoms with Crippen LogP contribution in [0.25, 0.3) is 0 Å². The number of ether oxygens (including phenoxy) is 4. The normalized spacial score (nSPS) is 30.4. The molecule has 1 saturated heterocycles. The predicted molar refractivity (Wildman–Crippen MR) is 114 cm³/mol. The van der Waals surface area contributed by atoms with Crippen molar-refractivity contribution < 1.29 is 59.2 Å². The first-order valence-electron chi connectivity index (χ1n) is 11.6. The molecule has 2 aliphatic rings. The van der Waals surface area contributed by atoms with Gasteiger partial charge in [0, 0.05) is 0 Å². The van der Waals surface area contributed by atoms with Gasteiger partial charge in [0.05, 0.1) is 12.5 Å². The molecule has 2 rings (SSSR count). The van der Waals surface area contributed by atoms with E-state index >= 15 is 0 Å². The van der Waals surface area contributed by atoms with Crippen molar-refractivity contribution in [1.82, 2.24) is 0 Å². The van der Waals surface area contributed by atoms with Crippen LogP contribution in [0.2, 0.25) is 0 Å². The van der Waals surface area contributed by atoms with Gasteiger partial charge in [-0.05, 0) is 12.8 Å². The molecule has 0 bridgehead atoms. The summed E-state index contributed by atoms with van der Waals surface area (Å²) < 4.78 is 20.4. The molecule has 0 aromatic rings. The highest BCUT2D eigenvalue weighted by molar-refractivity contribution is 5.89. The number of unbranched alkanes of at least 4 members (excludes halogenated alkanes) is 2. The van der Waals surface area contributed by atoms with Gasteiger partial charge >= 0.3 is 11.9 Å². The summed E-state index contributed by atoms with van der Waals surface area (Å²) in [6.45, 7) is 2.77. The third-order valence-electron chi connectivity index (χ3n) is 5.90. The fraction of sp³-hybridized carbons (Fsp3) is 0.818. The highest BCUT2D eigenvalue weighted by Gasteiger charge is 2.48. The van der Waals surface area contributed by atoms with E-state index in [0.717, 1.165) is 25.7 Å². The van der Waals surface area contributed by atoms with Crippen molar-refractivity contribution in [3.8, 4) is 0 Å². The Morgan fingerprint density at radius 3 is 2.24 bits per heavy atom. The van der Waals surface area contributed by atoms with Gasteiger partial charge in [-0.1, -0.05) is 39.5 Å². The summed E-state index contributed by atoms with van der Waals surface area (Å²) in [6.07, 6.45) is -6.55. The first kappa shape index (κ1) is 28.3. The molecule has 0 unspecified atom stereocenters. The molecule has 12 nitrogen and oxygen atoms in total. The number of carbonyl (C=O) groups excluding carboxylic acids is 2. The molecule has 1 fully saturated rings.